The van der Waals surface area contributed by atoms with E-state index in [0.29, 0.717) is 6.61 Å². The highest BCUT2D eigenvalue weighted by Gasteiger charge is 2.06. The van der Waals surface area contributed by atoms with Gasteiger partial charge in [-0.2, -0.15) is 0 Å². The largest absolute Gasteiger partial charge is 0.383 e. The van der Waals surface area contributed by atoms with Gasteiger partial charge in [-0.05, 0) is 6.92 Å². The standard InChI is InChI=1S/C10H18N2O2S/c1-8-9(6-11-4-5-13-2)15-10(12-8)7-14-3/h11H,4-7H2,1-3H3. The van der Waals surface area contributed by atoms with Gasteiger partial charge in [0.05, 0.1) is 18.9 Å². The van der Waals surface area contributed by atoms with Crippen LogP contribution in [0.5, 0.6) is 0 Å². The van der Waals surface area contributed by atoms with Crippen LogP contribution in [-0.4, -0.2) is 32.4 Å². The van der Waals surface area contributed by atoms with Crippen molar-refractivity contribution in [3.05, 3.63) is 15.6 Å². The maximum atomic E-state index is 5.05. The number of hydrogen-bond donors (Lipinski definition) is 1. The second-order valence-corrected chi connectivity index (χ2v) is 4.39. The molecule has 1 heterocycles. The van der Waals surface area contributed by atoms with E-state index in [1.807, 2.05) is 6.92 Å². The molecule has 0 unspecified atom stereocenters. The van der Waals surface area contributed by atoms with Crippen molar-refractivity contribution in [1.29, 1.82) is 0 Å². The van der Waals surface area contributed by atoms with E-state index in [9.17, 15) is 0 Å². The van der Waals surface area contributed by atoms with Crippen LogP contribution in [-0.2, 0) is 22.6 Å². The number of hydrogen-bond acceptors (Lipinski definition) is 5. The minimum absolute atomic E-state index is 0.601. The fourth-order valence-corrected chi connectivity index (χ4v) is 2.23. The fraction of sp³-hybridized carbons (Fsp3) is 0.700. The van der Waals surface area contributed by atoms with E-state index >= 15 is 0 Å². The fourth-order valence-electron chi connectivity index (χ4n) is 1.21. The highest BCUT2D eigenvalue weighted by molar-refractivity contribution is 7.11. The topological polar surface area (TPSA) is 43.4 Å². The van der Waals surface area contributed by atoms with Crippen molar-refractivity contribution in [3.8, 4) is 0 Å². The smallest absolute Gasteiger partial charge is 0.119 e. The van der Waals surface area contributed by atoms with E-state index < -0.39 is 0 Å². The Labute approximate surface area is 94.6 Å². The van der Waals surface area contributed by atoms with Gasteiger partial charge in [-0.15, -0.1) is 11.3 Å². The zero-order valence-electron chi connectivity index (χ0n) is 9.50. The Morgan fingerprint density at radius 3 is 2.80 bits per heavy atom. The van der Waals surface area contributed by atoms with Crippen LogP contribution >= 0.6 is 11.3 Å². The Balaban J connectivity index is 2.39. The minimum Gasteiger partial charge on any atom is -0.383 e. The molecule has 0 aliphatic rings. The summed E-state index contributed by atoms with van der Waals surface area (Å²) in [6.07, 6.45) is 0. The first-order valence-electron chi connectivity index (χ1n) is 4.91. The van der Waals surface area contributed by atoms with Crippen LogP contribution in [0.3, 0.4) is 0 Å². The first-order chi connectivity index (χ1) is 7.27. The lowest BCUT2D eigenvalue weighted by Gasteiger charge is -2.01. The summed E-state index contributed by atoms with van der Waals surface area (Å²) in [5.41, 5.74) is 1.09. The normalized spacial score (nSPS) is 10.9. The summed E-state index contributed by atoms with van der Waals surface area (Å²) < 4.78 is 10.0. The minimum atomic E-state index is 0.601. The molecule has 0 bridgehead atoms. The molecule has 1 aromatic rings. The van der Waals surface area contributed by atoms with Crippen molar-refractivity contribution in [2.24, 2.45) is 0 Å². The zero-order valence-corrected chi connectivity index (χ0v) is 10.3. The van der Waals surface area contributed by atoms with Gasteiger partial charge in [-0.25, -0.2) is 4.98 Å². The molecule has 0 atom stereocenters. The molecule has 0 saturated carbocycles. The van der Waals surface area contributed by atoms with E-state index in [1.54, 1.807) is 25.6 Å². The van der Waals surface area contributed by atoms with Gasteiger partial charge in [0.2, 0.25) is 0 Å². The molecule has 0 saturated heterocycles. The summed E-state index contributed by atoms with van der Waals surface area (Å²) in [4.78, 5) is 5.70. The number of ether oxygens (including phenoxy) is 2. The SMILES string of the molecule is COCCNCc1sc(COC)nc1C. The molecule has 1 rings (SSSR count). The number of thiazole rings is 1. The molecule has 0 spiro atoms. The van der Waals surface area contributed by atoms with Crippen molar-refractivity contribution >= 4 is 11.3 Å². The Hall–Kier alpha value is -0.490. The molecule has 4 nitrogen and oxygen atoms in total. The van der Waals surface area contributed by atoms with Gasteiger partial charge in [0, 0.05) is 32.2 Å². The summed E-state index contributed by atoms with van der Waals surface area (Å²) in [7, 11) is 3.39. The van der Waals surface area contributed by atoms with Crippen molar-refractivity contribution in [3.63, 3.8) is 0 Å². The van der Waals surface area contributed by atoms with Crippen LogP contribution in [0.1, 0.15) is 15.6 Å². The predicted molar refractivity (Wildman–Crippen MR) is 61.1 cm³/mol. The predicted octanol–water partition coefficient (Wildman–Crippen LogP) is 1.33. The molecule has 15 heavy (non-hydrogen) atoms. The first-order valence-corrected chi connectivity index (χ1v) is 5.73. The van der Waals surface area contributed by atoms with Gasteiger partial charge in [0.25, 0.3) is 0 Å². The van der Waals surface area contributed by atoms with Gasteiger partial charge in [-0.1, -0.05) is 0 Å². The van der Waals surface area contributed by atoms with Crippen LogP contribution in [0.25, 0.3) is 0 Å². The molecule has 1 aromatic heterocycles. The third kappa shape index (κ3) is 4.25. The number of nitrogens with one attached hydrogen (secondary N) is 1. The van der Waals surface area contributed by atoms with Crippen molar-refractivity contribution in [1.82, 2.24) is 10.3 Å². The molecule has 86 valence electrons. The van der Waals surface area contributed by atoms with E-state index in [0.717, 1.165) is 30.4 Å². The van der Waals surface area contributed by atoms with Crippen LogP contribution in [0.4, 0.5) is 0 Å². The van der Waals surface area contributed by atoms with Gasteiger partial charge in [0.15, 0.2) is 0 Å². The molecule has 0 amide bonds. The van der Waals surface area contributed by atoms with Crippen LogP contribution in [0.15, 0.2) is 0 Å². The molecule has 0 fully saturated rings. The third-order valence-corrected chi connectivity index (χ3v) is 3.10. The van der Waals surface area contributed by atoms with Gasteiger partial charge in [-0.3, -0.25) is 0 Å². The molecule has 1 N–H and O–H groups in total. The van der Waals surface area contributed by atoms with Crippen LogP contribution in [0.2, 0.25) is 0 Å². The lowest BCUT2D eigenvalue weighted by molar-refractivity contribution is 0.184. The monoisotopic (exact) mass is 230 g/mol. The zero-order chi connectivity index (χ0) is 11.1. The second kappa shape index (κ2) is 6.90. The number of rotatable bonds is 7. The van der Waals surface area contributed by atoms with Crippen molar-refractivity contribution < 1.29 is 9.47 Å². The first kappa shape index (κ1) is 12.6. The van der Waals surface area contributed by atoms with Crippen LogP contribution in [0, 0.1) is 6.92 Å². The average molecular weight is 230 g/mol. The highest BCUT2D eigenvalue weighted by atomic mass is 32.1. The summed E-state index contributed by atoms with van der Waals surface area (Å²) in [6.45, 7) is 5.10. The quantitative estimate of drug-likeness (QED) is 0.718. The molecular formula is C10H18N2O2S. The highest BCUT2D eigenvalue weighted by Crippen LogP contribution is 2.18. The molecule has 0 radical (unpaired) electrons. The Kier molecular flexibility index (Phi) is 5.78. The number of aromatic nitrogens is 1. The molecular weight excluding hydrogens is 212 g/mol. The van der Waals surface area contributed by atoms with Crippen LogP contribution < -0.4 is 5.32 Å². The second-order valence-electron chi connectivity index (χ2n) is 3.22. The van der Waals surface area contributed by atoms with Gasteiger partial charge in [0.1, 0.15) is 5.01 Å². The lowest BCUT2D eigenvalue weighted by Crippen LogP contribution is -2.18. The van der Waals surface area contributed by atoms with Crippen molar-refractivity contribution in [2.75, 3.05) is 27.4 Å². The maximum absolute atomic E-state index is 5.05. The Morgan fingerprint density at radius 2 is 2.13 bits per heavy atom. The molecule has 0 aliphatic heterocycles. The van der Waals surface area contributed by atoms with E-state index in [4.69, 9.17) is 9.47 Å². The molecule has 5 heteroatoms. The van der Waals surface area contributed by atoms with E-state index in [-0.39, 0.29) is 0 Å². The number of aryl methyl sites for hydroxylation is 1. The maximum Gasteiger partial charge on any atom is 0.119 e. The lowest BCUT2D eigenvalue weighted by atomic mass is 10.4. The summed E-state index contributed by atoms with van der Waals surface area (Å²) in [5.74, 6) is 0. The molecule has 0 aliphatic carbocycles. The number of methoxy groups -OCH3 is 2. The average Bonchev–Trinajstić information content (AvgIpc) is 2.55. The summed E-state index contributed by atoms with van der Waals surface area (Å²) in [5, 5.41) is 4.34. The van der Waals surface area contributed by atoms with Gasteiger partial charge >= 0.3 is 0 Å². The Bertz CT molecular complexity index is 289. The number of nitrogens with zero attached hydrogens (tertiary/aromatic N) is 1. The van der Waals surface area contributed by atoms with E-state index in [2.05, 4.69) is 10.3 Å². The van der Waals surface area contributed by atoms with Crippen molar-refractivity contribution in [2.45, 2.75) is 20.1 Å². The Morgan fingerprint density at radius 1 is 1.33 bits per heavy atom. The summed E-state index contributed by atoms with van der Waals surface area (Å²) in [6, 6.07) is 0. The molecule has 0 aromatic carbocycles. The van der Waals surface area contributed by atoms with E-state index in [1.165, 1.54) is 4.88 Å². The third-order valence-electron chi connectivity index (χ3n) is 1.97. The summed E-state index contributed by atoms with van der Waals surface area (Å²) >= 11 is 1.70. The van der Waals surface area contributed by atoms with Gasteiger partial charge < -0.3 is 14.8 Å².